The molecule has 0 radical (unpaired) electrons. The molecule has 0 bridgehead atoms. The number of hydrogen-bond donors (Lipinski definition) is 2. The SMILES string of the molecule is C=CCOc1ccc(C(=O)NNC(=O)c2cccc(Br)c2)cc1. The van der Waals surface area contributed by atoms with Crippen LogP contribution in [0.3, 0.4) is 0 Å². The van der Waals surface area contributed by atoms with Gasteiger partial charge in [0, 0.05) is 15.6 Å². The van der Waals surface area contributed by atoms with Gasteiger partial charge >= 0.3 is 0 Å². The van der Waals surface area contributed by atoms with Crippen LogP contribution < -0.4 is 15.6 Å². The average Bonchev–Trinajstić information content (AvgIpc) is 2.58. The molecule has 0 aliphatic carbocycles. The van der Waals surface area contributed by atoms with Gasteiger partial charge < -0.3 is 4.74 Å². The highest BCUT2D eigenvalue weighted by Gasteiger charge is 2.09. The van der Waals surface area contributed by atoms with Crippen molar-refractivity contribution in [1.82, 2.24) is 10.9 Å². The van der Waals surface area contributed by atoms with E-state index in [2.05, 4.69) is 33.4 Å². The van der Waals surface area contributed by atoms with Gasteiger partial charge in [0.25, 0.3) is 11.8 Å². The van der Waals surface area contributed by atoms with Crippen molar-refractivity contribution in [3.8, 4) is 5.75 Å². The van der Waals surface area contributed by atoms with Gasteiger partial charge in [-0.05, 0) is 42.5 Å². The highest BCUT2D eigenvalue weighted by molar-refractivity contribution is 9.10. The maximum absolute atomic E-state index is 12.0. The number of ether oxygens (including phenoxy) is 1. The van der Waals surface area contributed by atoms with Crippen LogP contribution in [0.2, 0.25) is 0 Å². The Morgan fingerprint density at radius 2 is 1.70 bits per heavy atom. The molecule has 2 amide bonds. The summed E-state index contributed by atoms with van der Waals surface area (Å²) >= 11 is 3.29. The summed E-state index contributed by atoms with van der Waals surface area (Å²) in [5.74, 6) is -0.172. The molecule has 23 heavy (non-hydrogen) atoms. The van der Waals surface area contributed by atoms with Crippen LogP contribution in [0, 0.1) is 0 Å². The maximum Gasteiger partial charge on any atom is 0.269 e. The molecular weight excluding hydrogens is 360 g/mol. The zero-order valence-corrected chi connectivity index (χ0v) is 13.8. The number of halogens is 1. The Hall–Kier alpha value is -2.60. The molecule has 2 aromatic rings. The van der Waals surface area contributed by atoms with Crippen LogP contribution >= 0.6 is 15.9 Å². The van der Waals surface area contributed by atoms with Crippen molar-refractivity contribution in [3.63, 3.8) is 0 Å². The average molecular weight is 375 g/mol. The topological polar surface area (TPSA) is 67.4 Å². The second-order valence-corrected chi connectivity index (χ2v) is 5.46. The number of rotatable bonds is 5. The van der Waals surface area contributed by atoms with E-state index in [9.17, 15) is 9.59 Å². The summed E-state index contributed by atoms with van der Waals surface area (Å²) in [6.45, 7) is 3.96. The third kappa shape index (κ3) is 4.96. The molecule has 0 saturated heterocycles. The molecule has 0 aliphatic rings. The standard InChI is InChI=1S/C17H15BrN2O3/c1-2-10-23-15-8-6-12(7-9-15)16(21)19-20-17(22)13-4-3-5-14(18)11-13/h2-9,11H,1,10H2,(H,19,21)(H,20,22). The molecule has 0 fully saturated rings. The summed E-state index contributed by atoms with van der Waals surface area (Å²) in [4.78, 5) is 23.9. The first-order valence-corrected chi connectivity index (χ1v) is 7.59. The van der Waals surface area contributed by atoms with Crippen molar-refractivity contribution < 1.29 is 14.3 Å². The van der Waals surface area contributed by atoms with Crippen molar-refractivity contribution in [2.45, 2.75) is 0 Å². The van der Waals surface area contributed by atoms with Crippen LogP contribution in [-0.4, -0.2) is 18.4 Å². The summed E-state index contributed by atoms with van der Waals surface area (Å²) in [7, 11) is 0. The van der Waals surface area contributed by atoms with Crippen LogP contribution in [0.25, 0.3) is 0 Å². The fraction of sp³-hybridized carbons (Fsp3) is 0.0588. The van der Waals surface area contributed by atoms with Crippen LogP contribution in [-0.2, 0) is 0 Å². The Bertz CT molecular complexity index is 714. The third-order valence-corrected chi connectivity index (χ3v) is 3.35. The molecule has 0 unspecified atom stereocenters. The largest absolute Gasteiger partial charge is 0.490 e. The summed E-state index contributed by atoms with van der Waals surface area (Å²) < 4.78 is 6.12. The van der Waals surface area contributed by atoms with Crippen LogP contribution in [0.4, 0.5) is 0 Å². The fourth-order valence-electron chi connectivity index (χ4n) is 1.75. The van der Waals surface area contributed by atoms with Gasteiger partial charge in [0.15, 0.2) is 0 Å². The number of carbonyl (C=O) groups excluding carboxylic acids is 2. The Morgan fingerprint density at radius 1 is 1.04 bits per heavy atom. The number of nitrogens with one attached hydrogen (secondary N) is 2. The molecule has 2 rings (SSSR count). The van der Waals surface area contributed by atoms with Crippen molar-refractivity contribution in [2.75, 3.05) is 6.61 Å². The monoisotopic (exact) mass is 374 g/mol. The molecule has 2 N–H and O–H groups in total. The first kappa shape index (κ1) is 16.8. The van der Waals surface area contributed by atoms with E-state index in [0.717, 1.165) is 4.47 Å². The first-order chi connectivity index (χ1) is 11.1. The molecule has 0 aromatic heterocycles. The lowest BCUT2D eigenvalue weighted by atomic mass is 10.2. The Kier molecular flexibility index (Phi) is 5.94. The Labute approximate surface area is 142 Å². The number of hydrazine groups is 1. The minimum Gasteiger partial charge on any atom is -0.490 e. The first-order valence-electron chi connectivity index (χ1n) is 6.80. The Balaban J connectivity index is 1.91. The van der Waals surface area contributed by atoms with E-state index in [1.54, 1.807) is 48.5 Å². The van der Waals surface area contributed by atoms with Crippen molar-refractivity contribution in [3.05, 3.63) is 76.8 Å². The molecule has 5 nitrogen and oxygen atoms in total. The third-order valence-electron chi connectivity index (χ3n) is 2.86. The van der Waals surface area contributed by atoms with Gasteiger partial charge in [-0.2, -0.15) is 0 Å². The molecule has 0 atom stereocenters. The normalized spacial score (nSPS) is 9.78. The van der Waals surface area contributed by atoms with Crippen LogP contribution in [0.1, 0.15) is 20.7 Å². The lowest BCUT2D eigenvalue weighted by molar-refractivity contribution is 0.0846. The van der Waals surface area contributed by atoms with E-state index in [4.69, 9.17) is 4.74 Å². The van der Waals surface area contributed by atoms with Gasteiger partial charge in [-0.15, -0.1) is 0 Å². The summed E-state index contributed by atoms with van der Waals surface area (Å²) in [5, 5.41) is 0. The second-order valence-electron chi connectivity index (χ2n) is 4.54. The van der Waals surface area contributed by atoms with Gasteiger partial charge in [-0.1, -0.05) is 34.7 Å². The van der Waals surface area contributed by atoms with E-state index in [1.165, 1.54) is 0 Å². The zero-order chi connectivity index (χ0) is 16.7. The predicted molar refractivity (Wildman–Crippen MR) is 91.2 cm³/mol. The smallest absolute Gasteiger partial charge is 0.269 e. The van der Waals surface area contributed by atoms with Gasteiger partial charge in [0.2, 0.25) is 0 Å². The van der Waals surface area contributed by atoms with E-state index in [0.29, 0.717) is 23.5 Å². The van der Waals surface area contributed by atoms with Gasteiger partial charge in [-0.3, -0.25) is 20.4 Å². The van der Waals surface area contributed by atoms with E-state index in [1.807, 2.05) is 6.07 Å². The molecule has 118 valence electrons. The minimum atomic E-state index is -0.413. The van der Waals surface area contributed by atoms with Crippen LogP contribution in [0.5, 0.6) is 5.75 Å². The van der Waals surface area contributed by atoms with Crippen molar-refractivity contribution in [1.29, 1.82) is 0 Å². The van der Waals surface area contributed by atoms with E-state index >= 15 is 0 Å². The number of hydrogen-bond acceptors (Lipinski definition) is 3. The number of amides is 2. The molecule has 0 saturated carbocycles. The molecule has 2 aromatic carbocycles. The minimum absolute atomic E-state index is 0.397. The summed E-state index contributed by atoms with van der Waals surface area (Å²) in [6, 6.07) is 13.4. The fourth-order valence-corrected chi connectivity index (χ4v) is 2.14. The van der Waals surface area contributed by atoms with E-state index < -0.39 is 11.8 Å². The summed E-state index contributed by atoms with van der Waals surface area (Å²) in [6.07, 6.45) is 1.64. The van der Waals surface area contributed by atoms with Gasteiger partial charge in [0.1, 0.15) is 12.4 Å². The molecule has 6 heteroatoms. The van der Waals surface area contributed by atoms with E-state index in [-0.39, 0.29) is 0 Å². The van der Waals surface area contributed by atoms with Crippen molar-refractivity contribution in [2.24, 2.45) is 0 Å². The highest BCUT2D eigenvalue weighted by Crippen LogP contribution is 2.12. The maximum atomic E-state index is 12.0. The number of carbonyl (C=O) groups is 2. The molecule has 0 spiro atoms. The summed E-state index contributed by atoms with van der Waals surface area (Å²) in [5.41, 5.74) is 5.58. The lowest BCUT2D eigenvalue weighted by Gasteiger charge is -2.08. The zero-order valence-electron chi connectivity index (χ0n) is 12.2. The second kappa shape index (κ2) is 8.14. The van der Waals surface area contributed by atoms with Gasteiger partial charge in [0.05, 0.1) is 0 Å². The van der Waals surface area contributed by atoms with Gasteiger partial charge in [-0.25, -0.2) is 0 Å². The quantitative estimate of drug-likeness (QED) is 0.624. The predicted octanol–water partition coefficient (Wildman–Crippen LogP) is 3.09. The molecule has 0 heterocycles. The Morgan fingerprint density at radius 3 is 2.30 bits per heavy atom. The lowest BCUT2D eigenvalue weighted by Crippen LogP contribution is -2.41. The van der Waals surface area contributed by atoms with Crippen molar-refractivity contribution >= 4 is 27.7 Å². The van der Waals surface area contributed by atoms with Crippen LogP contribution in [0.15, 0.2) is 65.7 Å². The highest BCUT2D eigenvalue weighted by atomic mass is 79.9. The molecular formula is C17H15BrN2O3. The molecule has 0 aliphatic heterocycles. The number of benzene rings is 2.